The monoisotopic (exact) mass is 242 g/mol. The summed E-state index contributed by atoms with van der Waals surface area (Å²) in [7, 11) is -3.58. The van der Waals surface area contributed by atoms with Gasteiger partial charge in [-0.05, 0) is 12.1 Å². The summed E-state index contributed by atoms with van der Waals surface area (Å²) in [4.78, 5) is 20.6. The van der Waals surface area contributed by atoms with Crippen LogP contribution in [0.2, 0.25) is 0 Å². The van der Waals surface area contributed by atoms with Crippen molar-refractivity contribution in [2.45, 2.75) is 11.3 Å². The molecule has 0 aromatic heterocycles. The molecule has 0 saturated heterocycles. The highest BCUT2D eigenvalue weighted by molar-refractivity contribution is 7.91. The maximum absolute atomic E-state index is 11.6. The minimum atomic E-state index is -3.58. The number of carbonyl (C=O) groups is 2. The van der Waals surface area contributed by atoms with Crippen molar-refractivity contribution in [1.29, 1.82) is 0 Å². The first-order chi connectivity index (χ1) is 7.45. The van der Waals surface area contributed by atoms with Crippen LogP contribution in [0.3, 0.4) is 0 Å². The fourth-order valence-electron chi connectivity index (χ4n) is 1.09. The van der Waals surface area contributed by atoms with E-state index in [1.165, 1.54) is 24.3 Å². The first kappa shape index (κ1) is 12.4. The zero-order valence-corrected chi connectivity index (χ0v) is 9.11. The molecule has 0 heterocycles. The molecule has 0 bridgehead atoms. The van der Waals surface area contributed by atoms with Crippen LogP contribution in [0.5, 0.6) is 0 Å². The van der Waals surface area contributed by atoms with Gasteiger partial charge in [0.2, 0.25) is 0 Å². The Labute approximate surface area is 92.6 Å². The summed E-state index contributed by atoms with van der Waals surface area (Å²) in [5.41, 5.74) is 0.372. The SMILES string of the molecule is O=Cc1ccc(S(=O)(=O)CCC(=O)O)cc1. The molecule has 0 atom stereocenters. The van der Waals surface area contributed by atoms with Crippen LogP contribution < -0.4 is 0 Å². The van der Waals surface area contributed by atoms with Gasteiger partial charge >= 0.3 is 5.97 Å². The van der Waals surface area contributed by atoms with Gasteiger partial charge in [-0.1, -0.05) is 12.1 Å². The molecule has 0 aliphatic heterocycles. The zero-order valence-electron chi connectivity index (χ0n) is 8.29. The fourth-order valence-corrected chi connectivity index (χ4v) is 2.32. The van der Waals surface area contributed by atoms with Gasteiger partial charge in [0.1, 0.15) is 6.29 Å². The van der Waals surface area contributed by atoms with E-state index in [0.717, 1.165) is 0 Å². The Bertz CT molecular complexity index is 486. The lowest BCUT2D eigenvalue weighted by Gasteiger charge is -2.02. The molecular formula is C10H10O5S. The summed E-state index contributed by atoms with van der Waals surface area (Å²) in [6.07, 6.45) is 0.172. The second kappa shape index (κ2) is 4.89. The lowest BCUT2D eigenvalue weighted by molar-refractivity contribution is -0.136. The van der Waals surface area contributed by atoms with E-state index in [2.05, 4.69) is 0 Å². The summed E-state index contributed by atoms with van der Waals surface area (Å²) in [5, 5.41) is 8.40. The molecule has 1 rings (SSSR count). The van der Waals surface area contributed by atoms with Crippen molar-refractivity contribution < 1.29 is 23.1 Å². The van der Waals surface area contributed by atoms with Gasteiger partial charge < -0.3 is 5.11 Å². The van der Waals surface area contributed by atoms with Gasteiger partial charge in [0.15, 0.2) is 9.84 Å². The summed E-state index contributed by atoms with van der Waals surface area (Å²) in [5.74, 6) is -1.60. The number of hydrogen-bond acceptors (Lipinski definition) is 4. The molecule has 0 spiro atoms. The molecule has 86 valence electrons. The van der Waals surface area contributed by atoms with E-state index in [0.29, 0.717) is 11.8 Å². The van der Waals surface area contributed by atoms with Gasteiger partial charge in [-0.15, -0.1) is 0 Å². The van der Waals surface area contributed by atoms with E-state index in [1.807, 2.05) is 0 Å². The van der Waals surface area contributed by atoms with Crippen LogP contribution >= 0.6 is 0 Å². The quantitative estimate of drug-likeness (QED) is 0.769. The number of aldehydes is 1. The first-order valence-corrected chi connectivity index (χ1v) is 6.11. The standard InChI is InChI=1S/C10H10O5S/c11-7-8-1-3-9(4-2-8)16(14,15)6-5-10(12)13/h1-4,7H,5-6H2,(H,12,13). The van der Waals surface area contributed by atoms with Gasteiger partial charge in [0.25, 0.3) is 0 Å². The van der Waals surface area contributed by atoms with Gasteiger partial charge in [0, 0.05) is 5.56 Å². The largest absolute Gasteiger partial charge is 0.481 e. The molecule has 1 aromatic carbocycles. The molecule has 0 saturated carbocycles. The van der Waals surface area contributed by atoms with E-state index in [9.17, 15) is 18.0 Å². The maximum atomic E-state index is 11.6. The normalized spacial score (nSPS) is 11.0. The van der Waals surface area contributed by atoms with Crippen molar-refractivity contribution in [3.05, 3.63) is 29.8 Å². The van der Waals surface area contributed by atoms with Gasteiger partial charge in [-0.2, -0.15) is 0 Å². The lowest BCUT2D eigenvalue weighted by Crippen LogP contribution is -2.10. The van der Waals surface area contributed by atoms with Gasteiger partial charge in [0.05, 0.1) is 17.1 Å². The molecule has 6 heteroatoms. The second-order valence-electron chi connectivity index (χ2n) is 3.15. The predicted octanol–water partition coefficient (Wildman–Crippen LogP) is 0.748. The van der Waals surface area contributed by atoms with E-state index >= 15 is 0 Å². The summed E-state index contributed by atoms with van der Waals surface area (Å²) >= 11 is 0. The van der Waals surface area contributed by atoms with Crippen LogP contribution in [-0.4, -0.2) is 31.5 Å². The smallest absolute Gasteiger partial charge is 0.304 e. The number of hydrogen-bond donors (Lipinski definition) is 1. The van der Waals surface area contributed by atoms with Crippen LogP contribution in [0.1, 0.15) is 16.8 Å². The van der Waals surface area contributed by atoms with E-state index in [-0.39, 0.29) is 4.90 Å². The Morgan fingerprint density at radius 3 is 2.25 bits per heavy atom. The van der Waals surface area contributed by atoms with Crippen LogP contribution in [0.15, 0.2) is 29.2 Å². The third kappa shape index (κ3) is 3.16. The zero-order chi connectivity index (χ0) is 12.2. The fraction of sp³-hybridized carbons (Fsp3) is 0.200. The van der Waals surface area contributed by atoms with E-state index in [4.69, 9.17) is 5.11 Å². The molecule has 16 heavy (non-hydrogen) atoms. The van der Waals surface area contributed by atoms with Gasteiger partial charge in [-0.25, -0.2) is 8.42 Å². The molecule has 0 radical (unpaired) electrons. The highest BCUT2D eigenvalue weighted by Gasteiger charge is 2.15. The van der Waals surface area contributed by atoms with Gasteiger partial charge in [-0.3, -0.25) is 9.59 Å². The first-order valence-electron chi connectivity index (χ1n) is 4.45. The average molecular weight is 242 g/mol. The summed E-state index contributed by atoms with van der Waals surface area (Å²) in [6, 6.07) is 5.34. The number of carbonyl (C=O) groups excluding carboxylic acids is 1. The highest BCUT2D eigenvalue weighted by Crippen LogP contribution is 2.12. The van der Waals surface area contributed by atoms with Crippen molar-refractivity contribution in [2.75, 3.05) is 5.75 Å². The molecule has 0 aliphatic carbocycles. The van der Waals surface area contributed by atoms with Crippen LogP contribution in [0.25, 0.3) is 0 Å². The number of rotatable bonds is 5. The average Bonchev–Trinajstić information content (AvgIpc) is 2.27. The van der Waals surface area contributed by atoms with Crippen LogP contribution in [0, 0.1) is 0 Å². The summed E-state index contributed by atoms with van der Waals surface area (Å²) in [6.45, 7) is 0. The third-order valence-electron chi connectivity index (χ3n) is 1.96. The Balaban J connectivity index is 2.89. The molecule has 0 aliphatic rings. The number of sulfone groups is 1. The number of carboxylic acid groups (broad SMARTS) is 1. The molecule has 1 aromatic rings. The molecule has 0 fully saturated rings. The molecule has 1 N–H and O–H groups in total. The summed E-state index contributed by atoms with van der Waals surface area (Å²) < 4.78 is 23.2. The van der Waals surface area contributed by atoms with Crippen molar-refractivity contribution in [3.63, 3.8) is 0 Å². The van der Waals surface area contributed by atoms with Crippen molar-refractivity contribution in [2.24, 2.45) is 0 Å². The highest BCUT2D eigenvalue weighted by atomic mass is 32.2. The molecule has 0 unspecified atom stereocenters. The topological polar surface area (TPSA) is 88.5 Å². The molecule has 5 nitrogen and oxygen atoms in total. The second-order valence-corrected chi connectivity index (χ2v) is 5.26. The number of benzene rings is 1. The minimum absolute atomic E-state index is 0.0272. The maximum Gasteiger partial charge on any atom is 0.304 e. The Kier molecular flexibility index (Phi) is 3.78. The van der Waals surface area contributed by atoms with Crippen LogP contribution in [-0.2, 0) is 14.6 Å². The third-order valence-corrected chi connectivity index (χ3v) is 3.69. The van der Waals surface area contributed by atoms with Crippen molar-refractivity contribution >= 4 is 22.1 Å². The predicted molar refractivity (Wildman–Crippen MR) is 56.1 cm³/mol. The minimum Gasteiger partial charge on any atom is -0.481 e. The van der Waals surface area contributed by atoms with E-state index in [1.54, 1.807) is 0 Å². The Morgan fingerprint density at radius 1 is 1.25 bits per heavy atom. The lowest BCUT2D eigenvalue weighted by atomic mass is 10.2. The molecule has 0 amide bonds. The van der Waals surface area contributed by atoms with E-state index < -0.39 is 28.0 Å². The van der Waals surface area contributed by atoms with Crippen molar-refractivity contribution in [1.82, 2.24) is 0 Å². The molecular weight excluding hydrogens is 232 g/mol. The number of aliphatic carboxylic acids is 1. The van der Waals surface area contributed by atoms with Crippen LogP contribution in [0.4, 0.5) is 0 Å². The Morgan fingerprint density at radius 2 is 1.81 bits per heavy atom. The number of carboxylic acids is 1. The van der Waals surface area contributed by atoms with Crippen molar-refractivity contribution in [3.8, 4) is 0 Å². The Hall–Kier alpha value is -1.69.